The average Bonchev–Trinajstić information content (AvgIpc) is 3.04. The molecule has 29 heavy (non-hydrogen) atoms. The van der Waals surface area contributed by atoms with Gasteiger partial charge in [-0.25, -0.2) is 4.98 Å². The summed E-state index contributed by atoms with van der Waals surface area (Å²) in [4.78, 5) is 14.8. The predicted octanol–water partition coefficient (Wildman–Crippen LogP) is 7.81. The van der Waals surface area contributed by atoms with Crippen LogP contribution < -0.4 is 5.32 Å². The van der Waals surface area contributed by atoms with Crippen LogP contribution in [0.3, 0.4) is 0 Å². The molecular formula is C24H29ClN2OS. The molecule has 0 saturated carbocycles. The van der Waals surface area contributed by atoms with Crippen LogP contribution in [0.1, 0.15) is 55.7 Å². The van der Waals surface area contributed by atoms with Crippen molar-refractivity contribution in [2.24, 2.45) is 0 Å². The van der Waals surface area contributed by atoms with Gasteiger partial charge in [-0.2, -0.15) is 0 Å². The number of thiazole rings is 1. The molecule has 1 aromatic heterocycles. The Morgan fingerprint density at radius 3 is 2.62 bits per heavy atom. The molecule has 3 nitrogen and oxygen atoms in total. The number of aryl methyl sites for hydroxylation is 2. The van der Waals surface area contributed by atoms with Crippen molar-refractivity contribution in [1.29, 1.82) is 0 Å². The second-order valence-corrected chi connectivity index (χ2v) is 8.75. The van der Waals surface area contributed by atoms with Crippen LogP contribution in [0, 0.1) is 13.8 Å². The van der Waals surface area contributed by atoms with E-state index in [1.54, 1.807) is 18.3 Å². The minimum Gasteiger partial charge on any atom is -0.354 e. The molecule has 3 aromatic rings. The van der Waals surface area contributed by atoms with Crippen LogP contribution in [0.25, 0.3) is 15.9 Å². The molecule has 154 valence electrons. The fourth-order valence-electron chi connectivity index (χ4n) is 2.86. The van der Waals surface area contributed by atoms with Crippen LogP contribution in [0.15, 0.2) is 43.0 Å². The van der Waals surface area contributed by atoms with E-state index in [1.807, 2.05) is 44.2 Å². The summed E-state index contributed by atoms with van der Waals surface area (Å²) in [5.41, 5.74) is 4.91. The third kappa shape index (κ3) is 6.98. The van der Waals surface area contributed by atoms with E-state index in [4.69, 9.17) is 11.6 Å². The van der Waals surface area contributed by atoms with Crippen molar-refractivity contribution in [1.82, 2.24) is 4.98 Å². The van der Waals surface area contributed by atoms with Crippen molar-refractivity contribution < 1.29 is 4.79 Å². The normalized spacial score (nSPS) is 10.4. The Hall–Kier alpha value is -2.17. The summed E-state index contributed by atoms with van der Waals surface area (Å²) in [5.74, 6) is 0.318. The minimum atomic E-state index is 0.318. The molecule has 0 spiro atoms. The second-order valence-electron chi connectivity index (χ2n) is 7.11. The first kappa shape index (κ1) is 23.1. The fourth-order valence-corrected chi connectivity index (χ4v) is 4.00. The van der Waals surface area contributed by atoms with Crippen molar-refractivity contribution in [3.8, 4) is 0 Å². The van der Waals surface area contributed by atoms with E-state index >= 15 is 0 Å². The number of nitrogens with zero attached hydrogens (tertiary/aromatic N) is 1. The number of para-hydroxylation sites is 1. The van der Waals surface area contributed by atoms with E-state index in [1.165, 1.54) is 17.5 Å². The number of ketones is 1. The Kier molecular flexibility index (Phi) is 8.87. The number of halogens is 1. The van der Waals surface area contributed by atoms with Gasteiger partial charge < -0.3 is 10.1 Å². The Morgan fingerprint density at radius 1 is 1.21 bits per heavy atom. The van der Waals surface area contributed by atoms with Crippen molar-refractivity contribution in [3.05, 3.63) is 64.1 Å². The summed E-state index contributed by atoms with van der Waals surface area (Å²) in [6, 6.07) is 12.0. The average molecular weight is 429 g/mol. The molecule has 0 bridgehead atoms. The molecule has 1 N–H and O–H groups in total. The summed E-state index contributed by atoms with van der Waals surface area (Å²) in [5, 5.41) is 5.10. The number of rotatable bonds is 7. The molecule has 0 aliphatic carbocycles. The van der Waals surface area contributed by atoms with E-state index in [-0.39, 0.29) is 0 Å². The number of benzene rings is 2. The quantitative estimate of drug-likeness (QED) is 0.390. The standard InChI is InChI=1S/C17H15ClN2S.C7H14O/c1-10-5-4-6-14(18)17(10)19-11(2)13-7-8-15-16(9-13)21-12(3)20-15;1-3-4-5-6-7(2)8/h4-9,19H,2H2,1,3H3;3-6H2,1-2H3. The zero-order chi connectivity index (χ0) is 21.4. The number of nitrogens with one attached hydrogen (secondary N) is 1. The lowest BCUT2D eigenvalue weighted by Crippen LogP contribution is -1.99. The molecule has 0 saturated heterocycles. The van der Waals surface area contributed by atoms with Gasteiger partial charge in [0.2, 0.25) is 0 Å². The highest BCUT2D eigenvalue weighted by molar-refractivity contribution is 7.18. The molecular weight excluding hydrogens is 400 g/mol. The fraction of sp³-hybridized carbons (Fsp3) is 0.333. The van der Waals surface area contributed by atoms with E-state index in [0.29, 0.717) is 10.8 Å². The summed E-state index contributed by atoms with van der Waals surface area (Å²) in [7, 11) is 0. The van der Waals surface area contributed by atoms with Gasteiger partial charge in [-0.05, 0) is 56.5 Å². The van der Waals surface area contributed by atoms with Crippen molar-refractivity contribution in [3.63, 3.8) is 0 Å². The number of hydrogen-bond donors (Lipinski definition) is 1. The monoisotopic (exact) mass is 428 g/mol. The molecule has 0 aliphatic rings. The molecule has 2 aromatic carbocycles. The Balaban J connectivity index is 0.000000321. The number of carbonyl (C=O) groups excluding carboxylic acids is 1. The van der Waals surface area contributed by atoms with Gasteiger partial charge in [-0.15, -0.1) is 11.3 Å². The van der Waals surface area contributed by atoms with Gasteiger partial charge in [0.15, 0.2) is 0 Å². The molecule has 0 radical (unpaired) electrons. The Bertz CT molecular complexity index is 973. The van der Waals surface area contributed by atoms with E-state index in [9.17, 15) is 4.79 Å². The third-order valence-corrected chi connectivity index (χ3v) is 5.72. The van der Waals surface area contributed by atoms with Gasteiger partial charge in [-0.3, -0.25) is 0 Å². The van der Waals surface area contributed by atoms with Gasteiger partial charge in [0, 0.05) is 12.1 Å². The van der Waals surface area contributed by atoms with E-state index < -0.39 is 0 Å². The van der Waals surface area contributed by atoms with Gasteiger partial charge in [0.05, 0.1) is 25.9 Å². The number of anilines is 1. The van der Waals surface area contributed by atoms with E-state index in [0.717, 1.165) is 45.9 Å². The Morgan fingerprint density at radius 2 is 1.97 bits per heavy atom. The van der Waals surface area contributed by atoms with Crippen molar-refractivity contribution >= 4 is 50.3 Å². The van der Waals surface area contributed by atoms with Gasteiger partial charge >= 0.3 is 0 Å². The summed E-state index contributed by atoms with van der Waals surface area (Å²) in [6.07, 6.45) is 4.24. The van der Waals surface area contributed by atoms with Crippen LogP contribution in [-0.2, 0) is 4.79 Å². The highest BCUT2D eigenvalue weighted by Crippen LogP contribution is 2.30. The SMILES string of the molecule is C=C(Nc1c(C)cccc1Cl)c1ccc2nc(C)sc2c1.CCCCCC(C)=O. The van der Waals surface area contributed by atoms with Gasteiger partial charge in [-0.1, -0.05) is 56.1 Å². The first-order valence-corrected chi connectivity index (χ1v) is 11.1. The maximum Gasteiger partial charge on any atom is 0.129 e. The lowest BCUT2D eigenvalue weighted by Gasteiger charge is -2.13. The number of unbranched alkanes of at least 4 members (excludes halogenated alkanes) is 2. The summed E-state index contributed by atoms with van der Waals surface area (Å²) >= 11 is 7.94. The minimum absolute atomic E-state index is 0.318. The molecule has 1 heterocycles. The maximum absolute atomic E-state index is 10.3. The third-order valence-electron chi connectivity index (χ3n) is 4.47. The largest absolute Gasteiger partial charge is 0.354 e. The smallest absolute Gasteiger partial charge is 0.129 e. The number of hydrogen-bond acceptors (Lipinski definition) is 4. The van der Waals surface area contributed by atoms with Crippen LogP contribution in [0.5, 0.6) is 0 Å². The number of fused-ring (bicyclic) bond motifs is 1. The Labute approximate surface area is 182 Å². The number of carbonyl (C=O) groups is 1. The number of Topliss-reactive ketones (excluding diaryl/α,β-unsaturated/α-hetero) is 1. The molecule has 5 heteroatoms. The zero-order valence-electron chi connectivity index (χ0n) is 17.6. The lowest BCUT2D eigenvalue weighted by molar-refractivity contribution is -0.117. The summed E-state index contributed by atoms with van der Waals surface area (Å²) in [6.45, 7) is 12.0. The van der Waals surface area contributed by atoms with Crippen LogP contribution in [0.2, 0.25) is 5.02 Å². The second kappa shape index (κ2) is 11.1. The molecule has 0 fully saturated rings. The molecule has 0 amide bonds. The lowest BCUT2D eigenvalue weighted by atomic mass is 10.1. The van der Waals surface area contributed by atoms with Crippen LogP contribution in [0.4, 0.5) is 5.69 Å². The van der Waals surface area contributed by atoms with Gasteiger partial charge in [0.1, 0.15) is 5.78 Å². The maximum atomic E-state index is 10.3. The molecule has 3 rings (SSSR count). The first-order valence-electron chi connectivity index (χ1n) is 9.89. The predicted molar refractivity (Wildman–Crippen MR) is 128 cm³/mol. The van der Waals surface area contributed by atoms with Crippen molar-refractivity contribution in [2.75, 3.05) is 5.32 Å². The van der Waals surface area contributed by atoms with Crippen molar-refractivity contribution in [2.45, 2.75) is 53.4 Å². The highest BCUT2D eigenvalue weighted by Gasteiger charge is 2.08. The molecule has 0 atom stereocenters. The van der Waals surface area contributed by atoms with Crippen LogP contribution >= 0.6 is 22.9 Å². The summed E-state index contributed by atoms with van der Waals surface area (Å²) < 4.78 is 1.17. The first-order chi connectivity index (χ1) is 13.8. The van der Waals surface area contributed by atoms with Crippen LogP contribution in [-0.4, -0.2) is 10.8 Å². The van der Waals surface area contributed by atoms with Gasteiger partial charge in [0.25, 0.3) is 0 Å². The molecule has 0 aliphatic heterocycles. The molecule has 0 unspecified atom stereocenters. The van der Waals surface area contributed by atoms with E-state index in [2.05, 4.69) is 29.9 Å². The topological polar surface area (TPSA) is 42.0 Å². The highest BCUT2D eigenvalue weighted by atomic mass is 35.5. The zero-order valence-corrected chi connectivity index (χ0v) is 19.2. The number of aromatic nitrogens is 1.